The minimum absolute atomic E-state index is 0.180. The quantitative estimate of drug-likeness (QED) is 0.356. The average molecular weight is 270 g/mol. The Kier molecular flexibility index (Phi) is 11.2. The molecule has 0 aromatic rings. The minimum atomic E-state index is -0.760. The maximum atomic E-state index is 11.5. The number of rotatable bonds is 11. The maximum absolute atomic E-state index is 11.5. The summed E-state index contributed by atoms with van der Waals surface area (Å²) in [4.78, 5) is 22.5. The molecule has 1 N–H and O–H groups in total. The fraction of sp³-hybridized carbons (Fsp3) is 0.733. The SMILES string of the molecule is CCCCCCC(=O)CCC(O)/C=C/C(=O)OCC. The van der Waals surface area contributed by atoms with Gasteiger partial charge in [-0.1, -0.05) is 26.2 Å². The molecular weight excluding hydrogens is 244 g/mol. The van der Waals surface area contributed by atoms with Crippen LogP contribution in [0.5, 0.6) is 0 Å². The molecule has 0 saturated carbocycles. The van der Waals surface area contributed by atoms with Crippen LogP contribution in [0.25, 0.3) is 0 Å². The molecule has 0 amide bonds. The van der Waals surface area contributed by atoms with Crippen molar-refractivity contribution in [3.05, 3.63) is 12.2 Å². The number of hydrogen-bond donors (Lipinski definition) is 1. The molecule has 0 aromatic carbocycles. The molecule has 0 saturated heterocycles. The number of carbonyl (C=O) groups excluding carboxylic acids is 2. The molecule has 0 aliphatic rings. The van der Waals surface area contributed by atoms with Crippen LogP contribution in [0.4, 0.5) is 0 Å². The first-order valence-corrected chi connectivity index (χ1v) is 7.14. The van der Waals surface area contributed by atoms with Crippen LogP contribution in [0, 0.1) is 0 Å². The van der Waals surface area contributed by atoms with Gasteiger partial charge in [0.25, 0.3) is 0 Å². The van der Waals surface area contributed by atoms with Gasteiger partial charge < -0.3 is 9.84 Å². The molecule has 0 rings (SSSR count). The van der Waals surface area contributed by atoms with Crippen molar-refractivity contribution < 1.29 is 19.4 Å². The lowest BCUT2D eigenvalue weighted by Crippen LogP contribution is -2.08. The van der Waals surface area contributed by atoms with Gasteiger partial charge in [0.05, 0.1) is 12.7 Å². The highest BCUT2D eigenvalue weighted by Crippen LogP contribution is 2.07. The summed E-state index contributed by atoms with van der Waals surface area (Å²) in [6.07, 6.45) is 7.49. The zero-order chi connectivity index (χ0) is 14.5. The third kappa shape index (κ3) is 11.7. The Hall–Kier alpha value is -1.16. The molecule has 110 valence electrons. The Morgan fingerprint density at radius 3 is 2.53 bits per heavy atom. The molecule has 19 heavy (non-hydrogen) atoms. The molecule has 1 atom stereocenters. The predicted octanol–water partition coefficient (Wildman–Crippen LogP) is 2.79. The lowest BCUT2D eigenvalue weighted by atomic mass is 10.0. The second kappa shape index (κ2) is 11.9. The smallest absolute Gasteiger partial charge is 0.330 e. The van der Waals surface area contributed by atoms with E-state index in [4.69, 9.17) is 4.74 Å². The Labute approximate surface area is 115 Å². The fourth-order valence-corrected chi connectivity index (χ4v) is 1.66. The predicted molar refractivity (Wildman–Crippen MR) is 74.8 cm³/mol. The van der Waals surface area contributed by atoms with Gasteiger partial charge in [0.1, 0.15) is 5.78 Å². The summed E-state index contributed by atoms with van der Waals surface area (Å²) in [6, 6.07) is 0. The molecule has 0 fully saturated rings. The molecule has 0 radical (unpaired) electrons. The van der Waals surface area contributed by atoms with Crippen LogP contribution in [-0.4, -0.2) is 29.6 Å². The summed E-state index contributed by atoms with van der Waals surface area (Å²) in [7, 11) is 0. The van der Waals surface area contributed by atoms with Crippen LogP contribution in [0.3, 0.4) is 0 Å². The minimum Gasteiger partial charge on any atom is -0.463 e. The van der Waals surface area contributed by atoms with Crippen LogP contribution in [-0.2, 0) is 14.3 Å². The van der Waals surface area contributed by atoms with Gasteiger partial charge in [-0.25, -0.2) is 4.79 Å². The number of ether oxygens (including phenoxy) is 1. The number of Topliss-reactive ketones (excluding diaryl/α,β-unsaturated/α-hetero) is 1. The zero-order valence-electron chi connectivity index (χ0n) is 12.1. The second-order valence-corrected chi connectivity index (χ2v) is 4.57. The van der Waals surface area contributed by atoms with Crippen molar-refractivity contribution in [2.24, 2.45) is 0 Å². The van der Waals surface area contributed by atoms with E-state index in [9.17, 15) is 14.7 Å². The monoisotopic (exact) mass is 270 g/mol. The van der Waals surface area contributed by atoms with Gasteiger partial charge in [0.15, 0.2) is 0 Å². The third-order valence-electron chi connectivity index (χ3n) is 2.77. The van der Waals surface area contributed by atoms with Crippen molar-refractivity contribution in [2.45, 2.75) is 64.9 Å². The first kappa shape index (κ1) is 17.8. The normalized spacial score (nSPS) is 12.6. The van der Waals surface area contributed by atoms with Gasteiger partial charge >= 0.3 is 5.97 Å². The number of unbranched alkanes of at least 4 members (excludes halogenated alkanes) is 3. The molecule has 4 heteroatoms. The molecule has 0 bridgehead atoms. The van der Waals surface area contributed by atoms with Crippen molar-refractivity contribution in [1.29, 1.82) is 0 Å². The van der Waals surface area contributed by atoms with Gasteiger partial charge in [-0.15, -0.1) is 0 Å². The topological polar surface area (TPSA) is 63.6 Å². The lowest BCUT2D eigenvalue weighted by Gasteiger charge is -2.05. The Bertz CT molecular complexity index is 284. The van der Waals surface area contributed by atoms with Crippen LogP contribution >= 0.6 is 0 Å². The molecule has 0 aliphatic heterocycles. The van der Waals surface area contributed by atoms with Gasteiger partial charge in [-0.2, -0.15) is 0 Å². The Morgan fingerprint density at radius 1 is 1.16 bits per heavy atom. The summed E-state index contributed by atoms with van der Waals surface area (Å²) < 4.78 is 4.69. The van der Waals surface area contributed by atoms with E-state index in [1.807, 2.05) is 0 Å². The highest BCUT2D eigenvalue weighted by molar-refractivity contribution is 5.82. The third-order valence-corrected chi connectivity index (χ3v) is 2.77. The van der Waals surface area contributed by atoms with Crippen molar-refractivity contribution in [1.82, 2.24) is 0 Å². The Morgan fingerprint density at radius 2 is 1.89 bits per heavy atom. The standard InChI is InChI=1S/C15H26O4/c1-3-5-6-7-8-13(16)9-10-14(17)11-12-15(18)19-4-2/h11-12,14,17H,3-10H2,1-2H3/b12-11+. The largest absolute Gasteiger partial charge is 0.463 e. The van der Waals surface area contributed by atoms with Crippen molar-refractivity contribution in [3.63, 3.8) is 0 Å². The van der Waals surface area contributed by atoms with E-state index in [1.165, 1.54) is 12.2 Å². The number of hydrogen-bond acceptors (Lipinski definition) is 4. The summed E-state index contributed by atoms with van der Waals surface area (Å²) in [5.41, 5.74) is 0. The van der Waals surface area contributed by atoms with Gasteiger partial charge in [-0.3, -0.25) is 4.79 Å². The lowest BCUT2D eigenvalue weighted by molar-refractivity contribution is -0.137. The fourth-order valence-electron chi connectivity index (χ4n) is 1.66. The summed E-state index contributed by atoms with van der Waals surface area (Å²) in [5.74, 6) is -0.285. The van der Waals surface area contributed by atoms with Crippen LogP contribution < -0.4 is 0 Å². The van der Waals surface area contributed by atoms with Gasteiger partial charge in [0, 0.05) is 18.9 Å². The summed E-state index contributed by atoms with van der Waals surface area (Å²) in [5, 5.41) is 9.58. The molecule has 0 aliphatic carbocycles. The number of aliphatic hydroxyl groups is 1. The van der Waals surface area contributed by atoms with E-state index in [1.54, 1.807) is 6.92 Å². The first-order valence-electron chi connectivity index (χ1n) is 7.14. The van der Waals surface area contributed by atoms with Crippen LogP contribution in [0.1, 0.15) is 58.8 Å². The van der Waals surface area contributed by atoms with Crippen molar-refractivity contribution in [2.75, 3.05) is 6.61 Å². The molecule has 0 aromatic heterocycles. The van der Waals surface area contributed by atoms with E-state index < -0.39 is 12.1 Å². The molecule has 0 spiro atoms. The highest BCUT2D eigenvalue weighted by atomic mass is 16.5. The second-order valence-electron chi connectivity index (χ2n) is 4.57. The van der Waals surface area contributed by atoms with E-state index in [-0.39, 0.29) is 5.78 Å². The van der Waals surface area contributed by atoms with E-state index >= 15 is 0 Å². The maximum Gasteiger partial charge on any atom is 0.330 e. The average Bonchev–Trinajstić information content (AvgIpc) is 2.39. The molecule has 1 unspecified atom stereocenters. The van der Waals surface area contributed by atoms with E-state index in [2.05, 4.69) is 6.92 Å². The molecular formula is C15H26O4. The van der Waals surface area contributed by atoms with E-state index in [0.29, 0.717) is 25.9 Å². The van der Waals surface area contributed by atoms with Crippen LogP contribution in [0.2, 0.25) is 0 Å². The number of ketones is 1. The Balaban J connectivity index is 3.68. The zero-order valence-corrected chi connectivity index (χ0v) is 12.1. The van der Waals surface area contributed by atoms with E-state index in [0.717, 1.165) is 25.7 Å². The number of aliphatic hydroxyl groups excluding tert-OH is 1. The van der Waals surface area contributed by atoms with Gasteiger partial charge in [-0.05, 0) is 25.8 Å². The van der Waals surface area contributed by atoms with Crippen LogP contribution in [0.15, 0.2) is 12.2 Å². The number of esters is 1. The van der Waals surface area contributed by atoms with Gasteiger partial charge in [0.2, 0.25) is 0 Å². The van der Waals surface area contributed by atoms with Crippen molar-refractivity contribution in [3.8, 4) is 0 Å². The summed E-state index contributed by atoms with van der Waals surface area (Å²) >= 11 is 0. The first-order chi connectivity index (χ1) is 9.10. The molecule has 4 nitrogen and oxygen atoms in total. The molecule has 0 heterocycles. The van der Waals surface area contributed by atoms with Crippen molar-refractivity contribution >= 4 is 11.8 Å². The number of carbonyl (C=O) groups is 2. The highest BCUT2D eigenvalue weighted by Gasteiger charge is 2.06. The summed E-state index contributed by atoms with van der Waals surface area (Å²) in [6.45, 7) is 4.17.